The van der Waals surface area contributed by atoms with Crippen LogP contribution in [-0.4, -0.2) is 31.1 Å². The average Bonchev–Trinajstić information content (AvgIpc) is 3.38. The highest BCUT2D eigenvalue weighted by Crippen LogP contribution is 2.29. The fourth-order valence-corrected chi connectivity index (χ4v) is 4.70. The van der Waals surface area contributed by atoms with Crippen molar-refractivity contribution in [3.63, 3.8) is 0 Å². The molecular formula is C21H22ClNO2S2. The van der Waals surface area contributed by atoms with Gasteiger partial charge in [0.1, 0.15) is 6.04 Å². The highest BCUT2D eigenvalue weighted by atomic mass is 35.5. The molecule has 0 saturated heterocycles. The number of rotatable bonds is 9. The van der Waals surface area contributed by atoms with E-state index in [2.05, 4.69) is 39.9 Å². The Morgan fingerprint density at radius 1 is 1.00 bits per heavy atom. The molecule has 0 N–H and O–H groups in total. The third kappa shape index (κ3) is 5.42. The monoisotopic (exact) mass is 419 g/mol. The van der Waals surface area contributed by atoms with Gasteiger partial charge in [0.2, 0.25) is 0 Å². The van der Waals surface area contributed by atoms with Crippen molar-refractivity contribution in [1.29, 1.82) is 0 Å². The fourth-order valence-electron chi connectivity index (χ4n) is 3.07. The number of carbonyl (C=O) groups is 1. The van der Waals surface area contributed by atoms with E-state index in [1.807, 2.05) is 24.3 Å². The van der Waals surface area contributed by atoms with Crippen LogP contribution < -0.4 is 0 Å². The van der Waals surface area contributed by atoms with Crippen LogP contribution in [0.4, 0.5) is 0 Å². The Labute approximate surface area is 173 Å². The van der Waals surface area contributed by atoms with Gasteiger partial charge in [-0.2, -0.15) is 0 Å². The van der Waals surface area contributed by atoms with Gasteiger partial charge in [-0.05, 0) is 47.4 Å². The molecule has 142 valence electrons. The van der Waals surface area contributed by atoms with Gasteiger partial charge in [0.25, 0.3) is 0 Å². The molecule has 3 rings (SSSR count). The van der Waals surface area contributed by atoms with Gasteiger partial charge in [0.05, 0.1) is 7.11 Å². The van der Waals surface area contributed by atoms with Crippen LogP contribution in [-0.2, 0) is 22.4 Å². The molecule has 0 radical (unpaired) electrons. The quantitative estimate of drug-likeness (QED) is 0.431. The number of thiophene rings is 2. The number of esters is 1. The molecule has 0 fully saturated rings. The molecular weight excluding hydrogens is 398 g/mol. The lowest BCUT2D eigenvalue weighted by Gasteiger charge is -2.30. The number of carbonyl (C=O) groups excluding carboxylic acids is 1. The zero-order valence-corrected chi connectivity index (χ0v) is 17.5. The number of benzene rings is 1. The average molecular weight is 420 g/mol. The van der Waals surface area contributed by atoms with Crippen LogP contribution in [0.5, 0.6) is 0 Å². The van der Waals surface area contributed by atoms with Crippen molar-refractivity contribution in [2.45, 2.75) is 18.9 Å². The first kappa shape index (κ1) is 20.1. The van der Waals surface area contributed by atoms with Crippen molar-refractivity contribution >= 4 is 40.2 Å². The maximum atomic E-state index is 12.7. The number of hydrogen-bond acceptors (Lipinski definition) is 5. The summed E-state index contributed by atoms with van der Waals surface area (Å²) in [5, 5.41) is 4.75. The van der Waals surface area contributed by atoms with Gasteiger partial charge in [-0.3, -0.25) is 4.90 Å². The van der Waals surface area contributed by atoms with Crippen LogP contribution in [0.3, 0.4) is 0 Å². The molecule has 0 spiro atoms. The van der Waals surface area contributed by atoms with Crippen molar-refractivity contribution < 1.29 is 9.53 Å². The zero-order valence-electron chi connectivity index (χ0n) is 15.1. The van der Waals surface area contributed by atoms with E-state index in [1.165, 1.54) is 16.9 Å². The molecule has 2 heterocycles. The van der Waals surface area contributed by atoms with E-state index >= 15 is 0 Å². The number of ether oxygens (including phenoxy) is 1. The van der Waals surface area contributed by atoms with Gasteiger partial charge >= 0.3 is 5.97 Å². The molecule has 6 heteroatoms. The second kappa shape index (κ2) is 10.0. The summed E-state index contributed by atoms with van der Waals surface area (Å²) in [6.45, 7) is 1.52. The van der Waals surface area contributed by atoms with Crippen LogP contribution in [0, 0.1) is 0 Å². The van der Waals surface area contributed by atoms with E-state index in [1.54, 1.807) is 22.7 Å². The molecule has 2 aromatic heterocycles. The summed E-state index contributed by atoms with van der Waals surface area (Å²) in [5.41, 5.74) is 0.795. The highest BCUT2D eigenvalue weighted by Gasteiger charge is 2.30. The Morgan fingerprint density at radius 2 is 1.59 bits per heavy atom. The van der Waals surface area contributed by atoms with E-state index in [0.29, 0.717) is 5.02 Å². The van der Waals surface area contributed by atoms with Gasteiger partial charge in [-0.25, -0.2) is 4.79 Å². The smallest absolute Gasteiger partial charge is 0.327 e. The molecule has 0 unspecified atom stereocenters. The minimum absolute atomic E-state index is 0.277. The highest BCUT2D eigenvalue weighted by molar-refractivity contribution is 7.10. The Balaban J connectivity index is 1.85. The molecule has 0 aliphatic carbocycles. The number of hydrogen-bond donors (Lipinski definition) is 0. The SMILES string of the molecule is COC(=O)[C@H](c1ccccc1Cl)N(CCc1cccs1)CCc1cccs1. The van der Waals surface area contributed by atoms with Crippen molar-refractivity contribution in [1.82, 2.24) is 4.90 Å². The third-order valence-corrected chi connectivity index (χ3v) is 6.66. The molecule has 27 heavy (non-hydrogen) atoms. The minimum Gasteiger partial charge on any atom is -0.468 e. The van der Waals surface area contributed by atoms with Crippen LogP contribution in [0.2, 0.25) is 5.02 Å². The molecule has 3 nitrogen and oxygen atoms in total. The first-order valence-electron chi connectivity index (χ1n) is 8.80. The summed E-state index contributed by atoms with van der Waals surface area (Å²) in [5.74, 6) is -0.277. The summed E-state index contributed by atoms with van der Waals surface area (Å²) in [6.07, 6.45) is 1.78. The van der Waals surface area contributed by atoms with Gasteiger partial charge in [0, 0.05) is 27.9 Å². The summed E-state index contributed by atoms with van der Waals surface area (Å²) >= 11 is 9.91. The fraction of sp³-hybridized carbons (Fsp3) is 0.286. The maximum Gasteiger partial charge on any atom is 0.327 e. The molecule has 1 atom stereocenters. The van der Waals surface area contributed by atoms with Crippen molar-refractivity contribution in [2.24, 2.45) is 0 Å². The third-order valence-electron chi connectivity index (χ3n) is 4.44. The summed E-state index contributed by atoms with van der Waals surface area (Å²) < 4.78 is 5.14. The second-order valence-corrected chi connectivity index (χ2v) is 8.61. The van der Waals surface area contributed by atoms with Crippen molar-refractivity contribution in [3.05, 3.63) is 79.6 Å². The molecule has 3 aromatic rings. The number of nitrogens with zero attached hydrogens (tertiary/aromatic N) is 1. The van der Waals surface area contributed by atoms with Gasteiger partial charge < -0.3 is 4.74 Å². The van der Waals surface area contributed by atoms with E-state index in [9.17, 15) is 4.79 Å². The molecule has 0 saturated carbocycles. The van der Waals surface area contributed by atoms with E-state index < -0.39 is 6.04 Å². The lowest BCUT2D eigenvalue weighted by Crippen LogP contribution is -2.38. The normalized spacial score (nSPS) is 12.3. The van der Waals surface area contributed by atoms with Crippen LogP contribution in [0.1, 0.15) is 21.4 Å². The topological polar surface area (TPSA) is 29.5 Å². The Hall–Kier alpha value is -1.66. The number of methoxy groups -OCH3 is 1. The van der Waals surface area contributed by atoms with Gasteiger partial charge in [-0.15, -0.1) is 22.7 Å². The van der Waals surface area contributed by atoms with E-state index in [0.717, 1.165) is 31.5 Å². The van der Waals surface area contributed by atoms with Crippen LogP contribution in [0.15, 0.2) is 59.3 Å². The van der Waals surface area contributed by atoms with E-state index in [-0.39, 0.29) is 5.97 Å². The van der Waals surface area contributed by atoms with Crippen molar-refractivity contribution in [3.8, 4) is 0 Å². The maximum absolute atomic E-state index is 12.7. The Kier molecular flexibility index (Phi) is 7.47. The molecule has 0 amide bonds. The lowest BCUT2D eigenvalue weighted by atomic mass is 10.0. The van der Waals surface area contributed by atoms with E-state index in [4.69, 9.17) is 16.3 Å². The Morgan fingerprint density at radius 3 is 2.07 bits per heavy atom. The van der Waals surface area contributed by atoms with Gasteiger partial charge in [0.15, 0.2) is 0 Å². The first-order valence-corrected chi connectivity index (χ1v) is 10.9. The largest absolute Gasteiger partial charge is 0.468 e. The van der Waals surface area contributed by atoms with Gasteiger partial charge in [-0.1, -0.05) is 41.9 Å². The molecule has 0 aliphatic rings. The molecule has 0 aliphatic heterocycles. The number of halogens is 1. The summed E-state index contributed by atoms with van der Waals surface area (Å²) in [6, 6.07) is 15.4. The predicted octanol–water partition coefficient (Wildman–Crippen LogP) is 5.46. The van der Waals surface area contributed by atoms with Crippen LogP contribution >= 0.6 is 34.3 Å². The second-order valence-electron chi connectivity index (χ2n) is 6.14. The molecule has 1 aromatic carbocycles. The first-order chi connectivity index (χ1) is 13.2. The Bertz CT molecular complexity index is 796. The lowest BCUT2D eigenvalue weighted by molar-refractivity contribution is -0.147. The summed E-state index contributed by atoms with van der Waals surface area (Å²) in [4.78, 5) is 17.5. The van der Waals surface area contributed by atoms with Crippen LogP contribution in [0.25, 0.3) is 0 Å². The standard InChI is InChI=1S/C21H22ClNO2S2/c1-25-21(24)20(18-8-2-3-9-19(18)22)23(12-10-16-6-4-14-26-16)13-11-17-7-5-15-27-17/h2-9,14-15,20H,10-13H2,1H3/t20-/m0/s1. The zero-order chi connectivity index (χ0) is 19.1. The molecule has 0 bridgehead atoms. The van der Waals surface area contributed by atoms with Crippen molar-refractivity contribution in [2.75, 3.05) is 20.2 Å². The predicted molar refractivity (Wildman–Crippen MR) is 114 cm³/mol. The summed E-state index contributed by atoms with van der Waals surface area (Å²) in [7, 11) is 1.43. The minimum atomic E-state index is -0.511.